The third kappa shape index (κ3) is 4.83. The molecule has 0 unspecified atom stereocenters. The van der Waals surface area contributed by atoms with Gasteiger partial charge in [-0.15, -0.1) is 0 Å². The standard InChI is InChI=1S/C20H29BrN2O2/c1-15-13-23(14-16(2)25-15)12-4-3-11-22-19(24)20(9-10-20)17-5-7-18(21)8-6-17/h5-8,15-16H,3-4,9-14H2,1-2H3,(H,22,24)/t15-,16-/m1/s1. The first-order chi connectivity index (χ1) is 12.0. The zero-order valence-electron chi connectivity index (χ0n) is 15.3. The molecule has 3 rings (SSSR count). The number of carbonyl (C=O) groups is 1. The number of carbonyl (C=O) groups excluding carboxylic acids is 1. The maximum Gasteiger partial charge on any atom is 0.230 e. The minimum Gasteiger partial charge on any atom is -0.373 e. The number of nitrogens with zero attached hydrogens (tertiary/aromatic N) is 1. The first kappa shape index (κ1) is 18.9. The average Bonchev–Trinajstić information content (AvgIpc) is 3.36. The van der Waals surface area contributed by atoms with Crippen LogP contribution in [0.3, 0.4) is 0 Å². The third-order valence-corrected chi connectivity index (χ3v) is 5.79. The van der Waals surface area contributed by atoms with Gasteiger partial charge in [-0.2, -0.15) is 0 Å². The summed E-state index contributed by atoms with van der Waals surface area (Å²) in [5.41, 5.74) is 0.875. The molecule has 1 aromatic carbocycles. The molecule has 1 heterocycles. The highest BCUT2D eigenvalue weighted by Crippen LogP contribution is 2.48. The SMILES string of the molecule is C[C@@H]1CN(CCCCNC(=O)C2(c3ccc(Br)cc3)CC2)C[C@@H](C)O1. The van der Waals surface area contributed by atoms with Gasteiger partial charge < -0.3 is 10.1 Å². The highest BCUT2D eigenvalue weighted by Gasteiger charge is 2.50. The van der Waals surface area contributed by atoms with Crippen LogP contribution in [-0.2, 0) is 14.9 Å². The van der Waals surface area contributed by atoms with E-state index in [1.807, 2.05) is 12.1 Å². The number of amides is 1. The van der Waals surface area contributed by atoms with Crippen LogP contribution in [0.25, 0.3) is 0 Å². The zero-order valence-corrected chi connectivity index (χ0v) is 16.8. The van der Waals surface area contributed by atoms with E-state index in [1.165, 1.54) is 0 Å². The second-order valence-corrected chi connectivity index (χ2v) is 8.48. The molecular formula is C20H29BrN2O2. The summed E-state index contributed by atoms with van der Waals surface area (Å²) in [5, 5.41) is 3.16. The topological polar surface area (TPSA) is 41.6 Å². The van der Waals surface area contributed by atoms with Gasteiger partial charge in [0.15, 0.2) is 0 Å². The fraction of sp³-hybridized carbons (Fsp3) is 0.650. The van der Waals surface area contributed by atoms with Crippen LogP contribution in [0, 0.1) is 0 Å². The Morgan fingerprint density at radius 3 is 2.44 bits per heavy atom. The molecule has 1 saturated carbocycles. The lowest BCUT2D eigenvalue weighted by Gasteiger charge is -2.35. The fourth-order valence-corrected chi connectivity index (χ4v) is 4.10. The summed E-state index contributed by atoms with van der Waals surface area (Å²) in [5.74, 6) is 0.198. The quantitative estimate of drug-likeness (QED) is 0.702. The van der Waals surface area contributed by atoms with Crippen molar-refractivity contribution >= 4 is 21.8 Å². The van der Waals surface area contributed by atoms with Crippen LogP contribution in [0.5, 0.6) is 0 Å². The number of morpholine rings is 1. The molecule has 2 aliphatic rings. The van der Waals surface area contributed by atoms with Crippen molar-refractivity contribution in [2.45, 2.75) is 57.2 Å². The number of hydrogen-bond acceptors (Lipinski definition) is 3. The predicted molar refractivity (Wildman–Crippen MR) is 104 cm³/mol. The first-order valence-corrected chi connectivity index (χ1v) is 10.2. The monoisotopic (exact) mass is 408 g/mol. The Kier molecular flexibility index (Phi) is 6.18. The lowest BCUT2D eigenvalue weighted by Crippen LogP contribution is -2.45. The largest absolute Gasteiger partial charge is 0.373 e. The Hall–Kier alpha value is -0.910. The summed E-state index contributed by atoms with van der Waals surface area (Å²) in [7, 11) is 0. The second-order valence-electron chi connectivity index (χ2n) is 7.57. The lowest BCUT2D eigenvalue weighted by molar-refractivity contribution is -0.123. The van der Waals surface area contributed by atoms with E-state index in [0.717, 1.165) is 61.9 Å². The van der Waals surface area contributed by atoms with E-state index in [4.69, 9.17) is 4.74 Å². The predicted octanol–water partition coefficient (Wildman–Crippen LogP) is 3.49. The smallest absolute Gasteiger partial charge is 0.230 e. The molecule has 1 aliphatic carbocycles. The molecule has 0 aromatic heterocycles. The van der Waals surface area contributed by atoms with Gasteiger partial charge in [0, 0.05) is 24.1 Å². The molecule has 2 fully saturated rings. The molecule has 25 heavy (non-hydrogen) atoms. The molecular weight excluding hydrogens is 380 g/mol. The number of benzene rings is 1. The van der Waals surface area contributed by atoms with Crippen molar-refractivity contribution in [2.24, 2.45) is 0 Å². The van der Waals surface area contributed by atoms with Gasteiger partial charge in [-0.3, -0.25) is 9.69 Å². The molecule has 138 valence electrons. The highest BCUT2D eigenvalue weighted by molar-refractivity contribution is 9.10. The molecule has 0 spiro atoms. The molecule has 2 atom stereocenters. The summed E-state index contributed by atoms with van der Waals surface area (Å²) >= 11 is 3.46. The summed E-state index contributed by atoms with van der Waals surface area (Å²) in [4.78, 5) is 15.1. The van der Waals surface area contributed by atoms with E-state index in [0.29, 0.717) is 12.2 Å². The summed E-state index contributed by atoms with van der Waals surface area (Å²) in [6, 6.07) is 8.18. The zero-order chi connectivity index (χ0) is 17.9. The number of rotatable bonds is 7. The molecule has 1 saturated heterocycles. The molecule has 0 radical (unpaired) electrons. The van der Waals surface area contributed by atoms with Gasteiger partial charge >= 0.3 is 0 Å². The van der Waals surface area contributed by atoms with Crippen LogP contribution in [0.4, 0.5) is 0 Å². The van der Waals surface area contributed by atoms with E-state index < -0.39 is 0 Å². The van der Waals surface area contributed by atoms with Gasteiger partial charge in [0.25, 0.3) is 0 Å². The summed E-state index contributed by atoms with van der Waals surface area (Å²) in [6.45, 7) is 8.17. The number of hydrogen-bond donors (Lipinski definition) is 1. The van der Waals surface area contributed by atoms with Crippen molar-refractivity contribution in [3.05, 3.63) is 34.3 Å². The van der Waals surface area contributed by atoms with Crippen molar-refractivity contribution < 1.29 is 9.53 Å². The maximum atomic E-state index is 12.6. The van der Waals surface area contributed by atoms with Gasteiger partial charge in [-0.25, -0.2) is 0 Å². The van der Waals surface area contributed by atoms with Crippen molar-refractivity contribution in [3.8, 4) is 0 Å². The van der Waals surface area contributed by atoms with E-state index in [-0.39, 0.29) is 11.3 Å². The van der Waals surface area contributed by atoms with Crippen LogP contribution in [0.15, 0.2) is 28.7 Å². The molecule has 1 aliphatic heterocycles. The Morgan fingerprint density at radius 1 is 1.20 bits per heavy atom. The Balaban J connectivity index is 1.38. The van der Waals surface area contributed by atoms with Gasteiger partial charge in [0.05, 0.1) is 17.6 Å². The minimum atomic E-state index is -0.268. The van der Waals surface area contributed by atoms with Crippen molar-refractivity contribution in [1.82, 2.24) is 10.2 Å². The molecule has 1 amide bonds. The number of nitrogens with one attached hydrogen (secondary N) is 1. The molecule has 1 N–H and O–H groups in total. The van der Waals surface area contributed by atoms with E-state index in [9.17, 15) is 4.79 Å². The highest BCUT2D eigenvalue weighted by atomic mass is 79.9. The fourth-order valence-electron chi connectivity index (χ4n) is 3.84. The van der Waals surface area contributed by atoms with Crippen LogP contribution >= 0.6 is 15.9 Å². The van der Waals surface area contributed by atoms with Crippen molar-refractivity contribution in [3.63, 3.8) is 0 Å². The number of ether oxygens (including phenoxy) is 1. The third-order valence-electron chi connectivity index (χ3n) is 5.26. The van der Waals surface area contributed by atoms with Crippen LogP contribution in [-0.4, -0.2) is 49.2 Å². The second kappa shape index (κ2) is 8.19. The first-order valence-electron chi connectivity index (χ1n) is 9.42. The molecule has 5 heteroatoms. The van der Waals surface area contributed by atoms with E-state index in [1.54, 1.807) is 0 Å². The van der Waals surface area contributed by atoms with Crippen molar-refractivity contribution in [1.29, 1.82) is 0 Å². The summed E-state index contributed by atoms with van der Waals surface area (Å²) < 4.78 is 6.82. The van der Waals surface area contributed by atoms with Crippen LogP contribution in [0.1, 0.15) is 45.1 Å². The van der Waals surface area contributed by atoms with Gasteiger partial charge in [-0.05, 0) is 63.8 Å². The van der Waals surface area contributed by atoms with Gasteiger partial charge in [-0.1, -0.05) is 28.1 Å². The molecule has 1 aromatic rings. The maximum absolute atomic E-state index is 12.6. The minimum absolute atomic E-state index is 0.198. The normalized spacial score (nSPS) is 25.6. The summed E-state index contributed by atoms with van der Waals surface area (Å²) in [6.07, 6.45) is 4.72. The molecule has 0 bridgehead atoms. The van der Waals surface area contributed by atoms with E-state index >= 15 is 0 Å². The Morgan fingerprint density at radius 2 is 1.84 bits per heavy atom. The van der Waals surface area contributed by atoms with Crippen LogP contribution in [0.2, 0.25) is 0 Å². The Bertz CT molecular complexity index is 576. The van der Waals surface area contributed by atoms with Crippen LogP contribution < -0.4 is 5.32 Å². The number of unbranched alkanes of at least 4 members (excludes halogenated alkanes) is 1. The van der Waals surface area contributed by atoms with Gasteiger partial charge in [0.1, 0.15) is 0 Å². The van der Waals surface area contributed by atoms with Crippen molar-refractivity contribution in [2.75, 3.05) is 26.2 Å². The average molecular weight is 409 g/mol. The van der Waals surface area contributed by atoms with Gasteiger partial charge in [0.2, 0.25) is 5.91 Å². The molecule has 4 nitrogen and oxygen atoms in total. The number of halogens is 1. The Labute approximate surface area is 159 Å². The van der Waals surface area contributed by atoms with E-state index in [2.05, 4.69) is 52.1 Å². The lowest BCUT2D eigenvalue weighted by atomic mass is 9.95.